The number of carbonyl (C=O) groups is 2. The van der Waals surface area contributed by atoms with Crippen LogP contribution in [0.4, 0.5) is 0 Å². The molecule has 0 radical (unpaired) electrons. The number of nitrogens with one attached hydrogen (secondary N) is 1. The third-order valence-corrected chi connectivity index (χ3v) is 2.96. The molecule has 0 aliphatic carbocycles. The van der Waals surface area contributed by atoms with E-state index in [0.29, 0.717) is 0 Å². The van der Waals surface area contributed by atoms with Crippen molar-refractivity contribution in [3.63, 3.8) is 0 Å². The van der Waals surface area contributed by atoms with Gasteiger partial charge in [-0.05, 0) is 17.9 Å². The summed E-state index contributed by atoms with van der Waals surface area (Å²) in [4.78, 5) is 23.2. The average Bonchev–Trinajstić information content (AvgIpc) is 2.77. The maximum absolute atomic E-state index is 11.3. The molecule has 1 atom stereocenters. The van der Waals surface area contributed by atoms with Gasteiger partial charge in [0, 0.05) is 4.88 Å². The molecule has 1 rings (SSSR count). The molecular formula is C10H13NO3S. The Morgan fingerprint density at radius 2 is 2.33 bits per heavy atom. The van der Waals surface area contributed by atoms with E-state index in [-0.39, 0.29) is 6.04 Å². The number of hydrogen-bond donors (Lipinski definition) is 1. The van der Waals surface area contributed by atoms with Crippen molar-refractivity contribution in [1.82, 2.24) is 5.32 Å². The van der Waals surface area contributed by atoms with Crippen LogP contribution in [0.15, 0.2) is 17.5 Å². The van der Waals surface area contributed by atoms with Crippen LogP contribution in [-0.4, -0.2) is 19.0 Å². The van der Waals surface area contributed by atoms with Gasteiger partial charge >= 0.3 is 11.9 Å². The Bertz CT molecular complexity index is 334. The van der Waals surface area contributed by atoms with E-state index in [1.165, 1.54) is 7.11 Å². The molecule has 5 heteroatoms. The summed E-state index contributed by atoms with van der Waals surface area (Å²) in [5.74, 6) is -1.55. The normalized spacial score (nSPS) is 11.9. The zero-order valence-electron chi connectivity index (χ0n) is 8.65. The van der Waals surface area contributed by atoms with Gasteiger partial charge in [0.2, 0.25) is 0 Å². The summed E-state index contributed by atoms with van der Waals surface area (Å²) in [5.41, 5.74) is 0. The summed E-state index contributed by atoms with van der Waals surface area (Å²) in [7, 11) is 1.19. The standard InChI is InChI=1S/C10H13NO3S/c1-3-7(8-5-4-6-15-8)11-9(12)10(13)14-2/h4-7H,3H2,1-2H3,(H,11,12). The first-order chi connectivity index (χ1) is 7.19. The fourth-order valence-electron chi connectivity index (χ4n) is 1.17. The molecule has 1 amide bonds. The van der Waals surface area contributed by atoms with Gasteiger partial charge in [-0.15, -0.1) is 11.3 Å². The van der Waals surface area contributed by atoms with Crippen molar-refractivity contribution in [1.29, 1.82) is 0 Å². The minimum absolute atomic E-state index is 0.114. The van der Waals surface area contributed by atoms with Gasteiger partial charge in [-0.1, -0.05) is 13.0 Å². The van der Waals surface area contributed by atoms with Crippen LogP contribution >= 0.6 is 11.3 Å². The Labute approximate surface area is 92.2 Å². The number of rotatable bonds is 3. The van der Waals surface area contributed by atoms with E-state index in [0.717, 1.165) is 11.3 Å². The highest BCUT2D eigenvalue weighted by Crippen LogP contribution is 2.21. The second-order valence-electron chi connectivity index (χ2n) is 2.94. The summed E-state index contributed by atoms with van der Waals surface area (Å²) in [5, 5.41) is 4.55. The molecule has 0 fully saturated rings. The van der Waals surface area contributed by atoms with Gasteiger partial charge in [-0.2, -0.15) is 0 Å². The van der Waals surface area contributed by atoms with Crippen molar-refractivity contribution in [3.8, 4) is 0 Å². The topological polar surface area (TPSA) is 55.4 Å². The summed E-state index contributed by atoms with van der Waals surface area (Å²) in [6, 6.07) is 3.72. The third kappa shape index (κ3) is 3.06. The van der Waals surface area contributed by atoms with Crippen molar-refractivity contribution in [2.24, 2.45) is 0 Å². The highest BCUT2D eigenvalue weighted by molar-refractivity contribution is 7.10. The van der Waals surface area contributed by atoms with Crippen LogP contribution in [0.25, 0.3) is 0 Å². The van der Waals surface area contributed by atoms with Crippen LogP contribution in [0.1, 0.15) is 24.3 Å². The summed E-state index contributed by atoms with van der Waals surface area (Å²) >= 11 is 1.55. The fourth-order valence-corrected chi connectivity index (χ4v) is 2.04. The number of methoxy groups -OCH3 is 1. The lowest BCUT2D eigenvalue weighted by Crippen LogP contribution is -2.34. The highest BCUT2D eigenvalue weighted by Gasteiger charge is 2.19. The Balaban J connectivity index is 2.62. The number of thiophene rings is 1. The lowest BCUT2D eigenvalue weighted by Gasteiger charge is -2.13. The molecule has 0 aliphatic heterocycles. The molecule has 0 bridgehead atoms. The Morgan fingerprint density at radius 1 is 1.60 bits per heavy atom. The van der Waals surface area contributed by atoms with Crippen molar-refractivity contribution in [2.45, 2.75) is 19.4 Å². The molecule has 1 aromatic heterocycles. The van der Waals surface area contributed by atoms with E-state index >= 15 is 0 Å². The number of hydrogen-bond acceptors (Lipinski definition) is 4. The Hall–Kier alpha value is -1.36. The minimum atomic E-state index is -0.856. The lowest BCUT2D eigenvalue weighted by atomic mass is 10.2. The van der Waals surface area contributed by atoms with Crippen LogP contribution in [-0.2, 0) is 14.3 Å². The zero-order chi connectivity index (χ0) is 11.3. The van der Waals surface area contributed by atoms with Crippen molar-refractivity contribution < 1.29 is 14.3 Å². The van der Waals surface area contributed by atoms with E-state index < -0.39 is 11.9 Å². The molecule has 0 aliphatic rings. The van der Waals surface area contributed by atoms with Gasteiger partial charge in [0.1, 0.15) is 0 Å². The first-order valence-electron chi connectivity index (χ1n) is 4.61. The van der Waals surface area contributed by atoms with Gasteiger partial charge in [0.15, 0.2) is 0 Å². The van der Waals surface area contributed by atoms with Crippen LogP contribution in [0.5, 0.6) is 0 Å². The van der Waals surface area contributed by atoms with E-state index in [1.807, 2.05) is 24.4 Å². The molecular weight excluding hydrogens is 214 g/mol. The molecule has 0 spiro atoms. The first kappa shape index (κ1) is 11.7. The Morgan fingerprint density at radius 3 is 2.80 bits per heavy atom. The predicted molar refractivity (Wildman–Crippen MR) is 57.5 cm³/mol. The van der Waals surface area contributed by atoms with E-state index in [4.69, 9.17) is 0 Å². The van der Waals surface area contributed by atoms with Gasteiger partial charge < -0.3 is 10.1 Å². The van der Waals surface area contributed by atoms with Gasteiger partial charge in [-0.3, -0.25) is 4.79 Å². The van der Waals surface area contributed by atoms with Crippen LogP contribution in [0.2, 0.25) is 0 Å². The second kappa shape index (κ2) is 5.50. The molecule has 0 aromatic carbocycles. The number of ether oxygens (including phenoxy) is 1. The maximum atomic E-state index is 11.3. The van der Waals surface area contributed by atoms with E-state index in [1.54, 1.807) is 11.3 Å². The quantitative estimate of drug-likeness (QED) is 0.628. The molecule has 1 N–H and O–H groups in total. The minimum Gasteiger partial charge on any atom is -0.462 e. The lowest BCUT2D eigenvalue weighted by molar-refractivity contribution is -0.153. The number of carbonyl (C=O) groups excluding carboxylic acids is 2. The van der Waals surface area contributed by atoms with Gasteiger partial charge in [0.25, 0.3) is 0 Å². The average molecular weight is 227 g/mol. The SMILES string of the molecule is CCC(NC(=O)C(=O)OC)c1cccs1. The van der Waals surface area contributed by atoms with Crippen molar-refractivity contribution in [3.05, 3.63) is 22.4 Å². The zero-order valence-corrected chi connectivity index (χ0v) is 9.47. The molecule has 4 nitrogen and oxygen atoms in total. The van der Waals surface area contributed by atoms with Crippen LogP contribution in [0.3, 0.4) is 0 Å². The largest absolute Gasteiger partial charge is 0.462 e. The summed E-state index contributed by atoms with van der Waals surface area (Å²) in [6.07, 6.45) is 0.739. The van der Waals surface area contributed by atoms with Crippen LogP contribution in [0, 0.1) is 0 Å². The van der Waals surface area contributed by atoms with Gasteiger partial charge in [-0.25, -0.2) is 4.79 Å². The van der Waals surface area contributed by atoms with Gasteiger partial charge in [0.05, 0.1) is 13.2 Å². The fraction of sp³-hybridized carbons (Fsp3) is 0.400. The maximum Gasteiger partial charge on any atom is 0.396 e. The number of amides is 1. The monoisotopic (exact) mass is 227 g/mol. The second-order valence-corrected chi connectivity index (χ2v) is 3.92. The number of esters is 1. The van der Waals surface area contributed by atoms with Crippen molar-refractivity contribution in [2.75, 3.05) is 7.11 Å². The molecule has 1 aromatic rings. The molecule has 1 heterocycles. The highest BCUT2D eigenvalue weighted by atomic mass is 32.1. The first-order valence-corrected chi connectivity index (χ1v) is 5.49. The van der Waals surface area contributed by atoms with E-state index in [9.17, 15) is 9.59 Å². The van der Waals surface area contributed by atoms with Crippen molar-refractivity contribution >= 4 is 23.2 Å². The molecule has 1 unspecified atom stereocenters. The molecule has 0 saturated heterocycles. The third-order valence-electron chi connectivity index (χ3n) is 1.97. The molecule has 0 saturated carbocycles. The molecule has 15 heavy (non-hydrogen) atoms. The smallest absolute Gasteiger partial charge is 0.396 e. The van der Waals surface area contributed by atoms with E-state index in [2.05, 4.69) is 10.1 Å². The summed E-state index contributed by atoms with van der Waals surface area (Å²) in [6.45, 7) is 1.95. The predicted octanol–water partition coefficient (Wildman–Crippen LogP) is 1.49. The van der Waals surface area contributed by atoms with Crippen LogP contribution < -0.4 is 5.32 Å². The summed E-state index contributed by atoms with van der Waals surface area (Å²) < 4.78 is 4.33. The Kier molecular flexibility index (Phi) is 4.30. The molecule has 82 valence electrons.